The third-order valence-electron chi connectivity index (χ3n) is 5.92. The van der Waals surface area contributed by atoms with Gasteiger partial charge in [0.05, 0.1) is 11.9 Å². The molecule has 2 heterocycles. The van der Waals surface area contributed by atoms with Gasteiger partial charge in [-0.2, -0.15) is 0 Å². The fourth-order valence-electron chi connectivity index (χ4n) is 4.27. The number of sulfonamides is 1. The van der Waals surface area contributed by atoms with Crippen molar-refractivity contribution in [3.8, 4) is 11.5 Å². The maximum absolute atomic E-state index is 13.4. The molecular weight excluding hydrogens is 449 g/mol. The molecule has 33 heavy (non-hydrogen) atoms. The Morgan fingerprint density at radius 2 is 1.73 bits per heavy atom. The highest BCUT2D eigenvalue weighted by Gasteiger charge is 2.35. The van der Waals surface area contributed by atoms with E-state index < -0.39 is 21.9 Å². The lowest BCUT2D eigenvalue weighted by Gasteiger charge is -2.39. The number of carbonyl (C=O) groups excluding carboxylic acids is 1. The van der Waals surface area contributed by atoms with Crippen molar-refractivity contribution in [1.82, 2.24) is 9.80 Å². The van der Waals surface area contributed by atoms with Crippen LogP contribution in [0, 0.1) is 5.82 Å². The van der Waals surface area contributed by atoms with Crippen LogP contribution in [0.2, 0.25) is 0 Å². The maximum atomic E-state index is 13.4. The number of hydrogen-bond donors (Lipinski definition) is 0. The van der Waals surface area contributed by atoms with Crippen molar-refractivity contribution in [1.29, 1.82) is 0 Å². The third kappa shape index (κ3) is 5.22. The van der Waals surface area contributed by atoms with Gasteiger partial charge in [0.2, 0.25) is 22.7 Å². The van der Waals surface area contributed by atoms with E-state index in [4.69, 9.17) is 9.47 Å². The Bertz CT molecular complexity index is 1100. The lowest BCUT2D eigenvalue weighted by Crippen LogP contribution is -2.55. The third-order valence-corrected chi connectivity index (χ3v) is 7.10. The molecule has 1 fully saturated rings. The smallest absolute Gasteiger partial charge is 0.246 e. The van der Waals surface area contributed by atoms with E-state index in [-0.39, 0.29) is 18.4 Å². The molecule has 0 aromatic heterocycles. The number of halogens is 1. The lowest BCUT2D eigenvalue weighted by molar-refractivity contribution is -0.134. The number of piperazine rings is 1. The van der Waals surface area contributed by atoms with Crippen molar-refractivity contribution in [3.05, 3.63) is 53.8 Å². The van der Waals surface area contributed by atoms with Crippen LogP contribution in [0.4, 0.5) is 10.1 Å². The van der Waals surface area contributed by atoms with Gasteiger partial charge in [0.1, 0.15) is 11.9 Å². The average molecular weight is 478 g/mol. The minimum Gasteiger partial charge on any atom is -0.454 e. The molecule has 0 spiro atoms. The number of benzene rings is 2. The fraction of sp³-hybridized carbons (Fsp3) is 0.435. The minimum atomic E-state index is -3.75. The molecule has 2 aliphatic rings. The first-order valence-electron chi connectivity index (χ1n) is 10.9. The predicted molar refractivity (Wildman–Crippen MR) is 122 cm³/mol. The van der Waals surface area contributed by atoms with Crippen molar-refractivity contribution in [2.24, 2.45) is 0 Å². The molecule has 8 nitrogen and oxygen atoms in total. The summed E-state index contributed by atoms with van der Waals surface area (Å²) in [5, 5.41) is 0. The summed E-state index contributed by atoms with van der Waals surface area (Å²) in [4.78, 5) is 17.3. The Morgan fingerprint density at radius 3 is 2.36 bits per heavy atom. The molecule has 0 aliphatic carbocycles. The lowest BCUT2D eigenvalue weighted by atomic mass is 10.1. The molecule has 0 N–H and O–H groups in total. The van der Waals surface area contributed by atoms with Crippen LogP contribution in [-0.4, -0.2) is 69.4 Å². The topological polar surface area (TPSA) is 79.4 Å². The van der Waals surface area contributed by atoms with Gasteiger partial charge in [0.25, 0.3) is 0 Å². The van der Waals surface area contributed by atoms with Gasteiger partial charge in [-0.25, -0.2) is 12.8 Å². The van der Waals surface area contributed by atoms with Crippen LogP contribution in [0.5, 0.6) is 11.5 Å². The van der Waals surface area contributed by atoms with Crippen molar-refractivity contribution >= 4 is 21.6 Å². The molecule has 1 atom stereocenters. The summed E-state index contributed by atoms with van der Waals surface area (Å²) in [5.41, 5.74) is 1.38. The van der Waals surface area contributed by atoms with E-state index in [9.17, 15) is 17.6 Å². The Morgan fingerprint density at radius 1 is 1.06 bits per heavy atom. The number of hydrogen-bond acceptors (Lipinski definition) is 6. The summed E-state index contributed by atoms with van der Waals surface area (Å²) >= 11 is 0. The van der Waals surface area contributed by atoms with Crippen LogP contribution in [0.3, 0.4) is 0 Å². The molecule has 1 amide bonds. The van der Waals surface area contributed by atoms with Gasteiger partial charge in [-0.1, -0.05) is 13.0 Å². The van der Waals surface area contributed by atoms with Gasteiger partial charge in [-0.05, 0) is 48.4 Å². The molecule has 0 bridgehead atoms. The van der Waals surface area contributed by atoms with Gasteiger partial charge in [0.15, 0.2) is 11.5 Å². The van der Waals surface area contributed by atoms with E-state index in [1.54, 1.807) is 11.8 Å². The van der Waals surface area contributed by atoms with Gasteiger partial charge in [-0.3, -0.25) is 14.0 Å². The zero-order valence-electron chi connectivity index (χ0n) is 18.7. The molecule has 0 unspecified atom stereocenters. The Balaban J connectivity index is 1.42. The van der Waals surface area contributed by atoms with Crippen LogP contribution in [-0.2, 0) is 21.4 Å². The maximum Gasteiger partial charge on any atom is 0.246 e. The highest BCUT2D eigenvalue weighted by Crippen LogP contribution is 2.33. The molecule has 0 radical (unpaired) electrons. The van der Waals surface area contributed by atoms with Crippen LogP contribution in [0.15, 0.2) is 42.5 Å². The van der Waals surface area contributed by atoms with Crippen LogP contribution in [0.1, 0.15) is 18.9 Å². The number of carbonyl (C=O) groups is 1. The van der Waals surface area contributed by atoms with E-state index in [0.29, 0.717) is 32.6 Å². The molecular formula is C23H28FN3O5S. The molecule has 4 rings (SSSR count). The standard InChI is InChI=1S/C23H28FN3O5S/c1-3-20(27(33(2,29)30)19-7-5-18(24)6-8-19)23(28)26-12-10-25(11-13-26)15-17-4-9-21-22(14-17)32-16-31-21/h4-9,14,20H,3,10-13,15-16H2,1-2H3/t20-/m0/s1. The van der Waals surface area contributed by atoms with Crippen LogP contribution in [0.25, 0.3) is 0 Å². The average Bonchev–Trinajstić information content (AvgIpc) is 3.25. The van der Waals surface area contributed by atoms with Crippen LogP contribution >= 0.6 is 0 Å². The minimum absolute atomic E-state index is 0.237. The number of rotatable bonds is 7. The quantitative estimate of drug-likeness (QED) is 0.610. The highest BCUT2D eigenvalue weighted by atomic mass is 32.2. The molecule has 178 valence electrons. The second-order valence-corrected chi connectivity index (χ2v) is 10.1. The van der Waals surface area contributed by atoms with E-state index in [1.807, 2.05) is 18.2 Å². The normalized spacial score (nSPS) is 17.1. The van der Waals surface area contributed by atoms with Gasteiger partial charge >= 0.3 is 0 Å². The second-order valence-electron chi connectivity index (χ2n) is 8.25. The highest BCUT2D eigenvalue weighted by molar-refractivity contribution is 7.92. The molecule has 0 saturated carbocycles. The first-order valence-corrected chi connectivity index (χ1v) is 12.8. The fourth-order valence-corrected chi connectivity index (χ4v) is 5.47. The number of nitrogens with zero attached hydrogens (tertiary/aromatic N) is 3. The Labute approximate surface area is 193 Å². The van der Waals surface area contributed by atoms with E-state index >= 15 is 0 Å². The summed E-state index contributed by atoms with van der Waals surface area (Å²) in [6.07, 6.45) is 1.37. The Kier molecular flexibility index (Phi) is 6.76. The molecule has 1 saturated heterocycles. The zero-order chi connectivity index (χ0) is 23.6. The zero-order valence-corrected chi connectivity index (χ0v) is 19.6. The number of amides is 1. The van der Waals surface area contributed by atoms with Gasteiger partial charge in [-0.15, -0.1) is 0 Å². The van der Waals surface area contributed by atoms with Gasteiger partial charge in [0, 0.05) is 32.7 Å². The van der Waals surface area contributed by atoms with Crippen LogP contribution < -0.4 is 13.8 Å². The molecule has 2 aromatic rings. The predicted octanol–water partition coefficient (Wildman–Crippen LogP) is 2.44. The molecule has 10 heteroatoms. The van der Waals surface area contributed by atoms with E-state index in [2.05, 4.69) is 4.90 Å². The summed E-state index contributed by atoms with van der Waals surface area (Å²) < 4.78 is 50.4. The first-order chi connectivity index (χ1) is 15.8. The second kappa shape index (κ2) is 9.56. The van der Waals surface area contributed by atoms with E-state index in [0.717, 1.165) is 34.2 Å². The number of fused-ring (bicyclic) bond motifs is 1. The summed E-state index contributed by atoms with van der Waals surface area (Å²) in [5.74, 6) is 0.783. The summed E-state index contributed by atoms with van der Waals surface area (Å²) in [6.45, 7) is 5.08. The van der Waals surface area contributed by atoms with E-state index in [1.165, 1.54) is 24.3 Å². The first kappa shape index (κ1) is 23.3. The number of anilines is 1. The van der Waals surface area contributed by atoms with Crippen molar-refractivity contribution in [3.63, 3.8) is 0 Å². The molecule has 2 aliphatic heterocycles. The molecule has 2 aromatic carbocycles. The van der Waals surface area contributed by atoms with Crippen molar-refractivity contribution < 1.29 is 27.1 Å². The monoisotopic (exact) mass is 477 g/mol. The SMILES string of the molecule is CC[C@@H](C(=O)N1CCN(Cc2ccc3c(c2)OCO3)CC1)N(c1ccc(F)cc1)S(C)(=O)=O. The summed E-state index contributed by atoms with van der Waals surface area (Å²) in [7, 11) is -3.75. The van der Waals surface area contributed by atoms with Gasteiger partial charge < -0.3 is 14.4 Å². The largest absolute Gasteiger partial charge is 0.454 e. The summed E-state index contributed by atoms with van der Waals surface area (Å²) in [6, 6.07) is 10.2. The van der Waals surface area contributed by atoms with Crippen molar-refractivity contribution in [2.45, 2.75) is 25.9 Å². The number of ether oxygens (including phenoxy) is 2. The Hall–Kier alpha value is -2.85. The van der Waals surface area contributed by atoms with Crippen molar-refractivity contribution in [2.75, 3.05) is 43.5 Å².